The van der Waals surface area contributed by atoms with Gasteiger partial charge in [0.15, 0.2) is 4.90 Å². The van der Waals surface area contributed by atoms with E-state index in [0.717, 1.165) is 6.07 Å². The molecule has 1 rings (SSSR count). The highest BCUT2D eigenvalue weighted by atomic mass is 32.2. The fraction of sp³-hybridized carbons (Fsp3) is 0.143. The van der Waals surface area contributed by atoms with E-state index < -0.39 is 37.1 Å². The number of benzene rings is 1. The molecule has 0 bridgehead atoms. The van der Waals surface area contributed by atoms with Crippen molar-refractivity contribution in [3.05, 3.63) is 21.7 Å². The molecule has 16 heavy (non-hydrogen) atoms. The summed E-state index contributed by atoms with van der Waals surface area (Å²) in [7, 11) is -4.95. The van der Waals surface area contributed by atoms with E-state index in [0.29, 0.717) is 0 Å². The van der Waals surface area contributed by atoms with Crippen LogP contribution in [0.4, 0.5) is 5.69 Å². The number of hydrogen-bond acceptors (Lipinski definition) is 6. The fourth-order valence-corrected chi connectivity index (χ4v) is 1.89. The number of phenols is 2. The van der Waals surface area contributed by atoms with Crippen LogP contribution in [0.3, 0.4) is 0 Å². The van der Waals surface area contributed by atoms with E-state index in [4.69, 9.17) is 4.55 Å². The van der Waals surface area contributed by atoms with Crippen LogP contribution < -0.4 is 0 Å². The van der Waals surface area contributed by atoms with Crippen molar-refractivity contribution in [1.82, 2.24) is 0 Å². The van der Waals surface area contributed by atoms with Crippen molar-refractivity contribution in [2.45, 2.75) is 11.8 Å². The number of nitrogens with zero attached hydrogens (tertiary/aromatic N) is 1. The van der Waals surface area contributed by atoms with Gasteiger partial charge in [-0.15, -0.1) is 0 Å². The van der Waals surface area contributed by atoms with E-state index in [1.54, 1.807) is 0 Å². The first kappa shape index (κ1) is 12.2. The summed E-state index contributed by atoms with van der Waals surface area (Å²) in [6, 6.07) is 0.791. The molecule has 1 aromatic rings. The Morgan fingerprint density at radius 2 is 1.81 bits per heavy atom. The first-order valence-corrected chi connectivity index (χ1v) is 5.27. The van der Waals surface area contributed by atoms with Gasteiger partial charge in [0.2, 0.25) is 5.75 Å². The Bertz CT molecular complexity index is 563. The van der Waals surface area contributed by atoms with Gasteiger partial charge >= 0.3 is 15.8 Å². The van der Waals surface area contributed by atoms with Crippen molar-refractivity contribution < 1.29 is 28.1 Å². The van der Waals surface area contributed by atoms with Gasteiger partial charge in [0.1, 0.15) is 5.75 Å². The van der Waals surface area contributed by atoms with Crippen molar-refractivity contribution >= 4 is 15.8 Å². The monoisotopic (exact) mass is 249 g/mol. The number of nitro groups is 1. The Hall–Kier alpha value is -1.87. The smallest absolute Gasteiger partial charge is 0.312 e. The second-order valence-corrected chi connectivity index (χ2v) is 4.33. The lowest BCUT2D eigenvalue weighted by Gasteiger charge is -2.07. The van der Waals surface area contributed by atoms with E-state index in [2.05, 4.69) is 0 Å². The maximum absolute atomic E-state index is 10.8. The summed E-state index contributed by atoms with van der Waals surface area (Å²) in [5, 5.41) is 29.0. The third kappa shape index (κ3) is 1.90. The highest BCUT2D eigenvalue weighted by Gasteiger charge is 2.30. The third-order valence-corrected chi connectivity index (χ3v) is 2.76. The van der Waals surface area contributed by atoms with Crippen LogP contribution >= 0.6 is 0 Å². The molecule has 1 aromatic carbocycles. The molecule has 0 heterocycles. The molecule has 0 saturated heterocycles. The van der Waals surface area contributed by atoms with Crippen LogP contribution in [0.1, 0.15) is 5.56 Å². The summed E-state index contributed by atoms with van der Waals surface area (Å²) in [6.45, 7) is 1.19. The first-order valence-electron chi connectivity index (χ1n) is 3.83. The zero-order valence-electron chi connectivity index (χ0n) is 7.91. The zero-order valence-corrected chi connectivity index (χ0v) is 8.72. The zero-order chi connectivity index (χ0) is 12.7. The quantitative estimate of drug-likeness (QED) is 0.395. The van der Waals surface area contributed by atoms with Crippen LogP contribution in [0.25, 0.3) is 0 Å². The maximum atomic E-state index is 10.8. The van der Waals surface area contributed by atoms with E-state index >= 15 is 0 Å². The van der Waals surface area contributed by atoms with E-state index in [1.165, 1.54) is 6.92 Å². The number of rotatable bonds is 2. The molecule has 0 unspecified atom stereocenters. The normalized spacial score (nSPS) is 11.4. The summed E-state index contributed by atoms with van der Waals surface area (Å²) in [4.78, 5) is 8.16. The molecule has 0 atom stereocenters. The van der Waals surface area contributed by atoms with Gasteiger partial charge in [0.25, 0.3) is 0 Å². The van der Waals surface area contributed by atoms with Gasteiger partial charge in [0, 0.05) is 6.07 Å². The Kier molecular flexibility index (Phi) is 2.75. The Balaban J connectivity index is 3.80. The van der Waals surface area contributed by atoms with Crippen LogP contribution in [-0.4, -0.2) is 28.1 Å². The molecule has 0 fully saturated rings. The second kappa shape index (κ2) is 3.61. The fourth-order valence-electron chi connectivity index (χ4n) is 1.13. The number of nitro benzene ring substituents is 1. The minimum atomic E-state index is -4.95. The molecule has 0 saturated carbocycles. The van der Waals surface area contributed by atoms with E-state index in [9.17, 15) is 28.7 Å². The number of phenolic OH excluding ortho intramolecular Hbond substituents is 2. The molecule has 0 aliphatic rings. The lowest BCUT2D eigenvalue weighted by Crippen LogP contribution is -2.02. The molecule has 0 aliphatic heterocycles. The SMILES string of the molecule is Cc1cc([N+](=O)[O-])c(O)c(S(=O)(=O)O)c1O. The molecule has 0 radical (unpaired) electrons. The molecule has 88 valence electrons. The number of aryl methyl sites for hydroxylation is 1. The molecule has 0 aromatic heterocycles. The van der Waals surface area contributed by atoms with E-state index in [-0.39, 0.29) is 5.56 Å². The number of hydrogen-bond donors (Lipinski definition) is 3. The summed E-state index contributed by atoms with van der Waals surface area (Å²) >= 11 is 0. The average molecular weight is 249 g/mol. The number of aromatic hydroxyl groups is 2. The van der Waals surface area contributed by atoms with Crippen molar-refractivity contribution in [3.63, 3.8) is 0 Å². The summed E-state index contributed by atoms with van der Waals surface area (Å²) < 4.78 is 30.3. The first-order chi connectivity index (χ1) is 7.16. The van der Waals surface area contributed by atoms with Crippen molar-refractivity contribution in [2.24, 2.45) is 0 Å². The predicted octanol–water partition coefficient (Wildman–Crippen LogP) is 0.561. The average Bonchev–Trinajstić information content (AvgIpc) is 2.08. The minimum absolute atomic E-state index is 0.155. The highest BCUT2D eigenvalue weighted by molar-refractivity contribution is 7.86. The Morgan fingerprint density at radius 1 is 1.31 bits per heavy atom. The summed E-state index contributed by atoms with van der Waals surface area (Å²) in [5.41, 5.74) is -1.07. The molecule has 9 heteroatoms. The Labute approximate surface area is 89.7 Å². The lowest BCUT2D eigenvalue weighted by molar-refractivity contribution is -0.386. The van der Waals surface area contributed by atoms with Gasteiger partial charge in [-0.2, -0.15) is 8.42 Å². The topological polar surface area (TPSA) is 138 Å². The second-order valence-electron chi connectivity index (χ2n) is 2.97. The molecular formula is C7H7NO7S. The van der Waals surface area contributed by atoms with Gasteiger partial charge in [-0.1, -0.05) is 0 Å². The van der Waals surface area contributed by atoms with Gasteiger partial charge in [-0.3, -0.25) is 14.7 Å². The van der Waals surface area contributed by atoms with Gasteiger partial charge < -0.3 is 10.2 Å². The summed E-state index contributed by atoms with van der Waals surface area (Å²) in [6.07, 6.45) is 0. The molecule has 0 spiro atoms. The summed E-state index contributed by atoms with van der Waals surface area (Å²) in [5.74, 6) is -2.22. The van der Waals surface area contributed by atoms with Crippen LogP contribution in [-0.2, 0) is 10.1 Å². The lowest BCUT2D eigenvalue weighted by atomic mass is 10.2. The molecule has 0 amide bonds. The molecule has 3 N–H and O–H groups in total. The van der Waals surface area contributed by atoms with Crippen molar-refractivity contribution in [1.29, 1.82) is 0 Å². The maximum Gasteiger partial charge on any atom is 0.312 e. The minimum Gasteiger partial charge on any atom is -0.506 e. The van der Waals surface area contributed by atoms with Crippen LogP contribution in [0.15, 0.2) is 11.0 Å². The van der Waals surface area contributed by atoms with Gasteiger partial charge in [0.05, 0.1) is 4.92 Å². The molecule has 0 aliphatic carbocycles. The predicted molar refractivity (Wildman–Crippen MR) is 51.0 cm³/mol. The van der Waals surface area contributed by atoms with Gasteiger partial charge in [-0.05, 0) is 12.5 Å². The van der Waals surface area contributed by atoms with Crippen molar-refractivity contribution in [2.75, 3.05) is 0 Å². The van der Waals surface area contributed by atoms with Crippen LogP contribution in [0.2, 0.25) is 0 Å². The third-order valence-electron chi connectivity index (χ3n) is 1.85. The van der Waals surface area contributed by atoms with E-state index in [1.807, 2.05) is 0 Å². The molecule has 8 nitrogen and oxygen atoms in total. The molecular weight excluding hydrogens is 242 g/mol. The van der Waals surface area contributed by atoms with Crippen LogP contribution in [0, 0.1) is 17.0 Å². The van der Waals surface area contributed by atoms with Gasteiger partial charge in [-0.25, -0.2) is 0 Å². The van der Waals surface area contributed by atoms with Crippen LogP contribution in [0.5, 0.6) is 11.5 Å². The standard InChI is InChI=1S/C7H7NO7S/c1-3-2-4(8(11)12)6(10)7(5(3)9)16(13,14)15/h2,9-10H,1H3,(H,13,14,15). The largest absolute Gasteiger partial charge is 0.506 e. The Morgan fingerprint density at radius 3 is 2.19 bits per heavy atom. The van der Waals surface area contributed by atoms with Crippen molar-refractivity contribution in [3.8, 4) is 11.5 Å². The highest BCUT2D eigenvalue weighted by Crippen LogP contribution is 2.41.